The number of nitrogen functional groups attached to an aromatic ring is 1. The summed E-state index contributed by atoms with van der Waals surface area (Å²) in [6, 6.07) is 33.6. The number of aromatic amines is 1. The van der Waals surface area contributed by atoms with Gasteiger partial charge in [-0.15, -0.1) is 0 Å². The Morgan fingerprint density at radius 3 is 1.56 bits per heavy atom. The van der Waals surface area contributed by atoms with Gasteiger partial charge in [-0.3, -0.25) is 14.4 Å². The highest BCUT2D eigenvalue weighted by Gasteiger charge is 2.35. The van der Waals surface area contributed by atoms with Crippen LogP contribution in [0.2, 0.25) is 0 Å². The third-order valence-electron chi connectivity index (χ3n) is 18.4. The van der Waals surface area contributed by atoms with Gasteiger partial charge in [0.2, 0.25) is 5.91 Å². The molecule has 13 rings (SSSR count). The van der Waals surface area contributed by atoms with Gasteiger partial charge in [0.25, 0.3) is 11.8 Å². The number of amides is 3. The summed E-state index contributed by atoms with van der Waals surface area (Å²) in [5, 5.41) is 11.2. The lowest BCUT2D eigenvalue weighted by molar-refractivity contribution is -0.121. The van der Waals surface area contributed by atoms with E-state index in [-0.39, 0.29) is 28.8 Å². The van der Waals surface area contributed by atoms with Gasteiger partial charge in [0.1, 0.15) is 47.6 Å². The predicted molar refractivity (Wildman–Crippen MR) is 351 cm³/mol. The van der Waals surface area contributed by atoms with Gasteiger partial charge in [-0.1, -0.05) is 50.7 Å². The predicted octanol–water partition coefficient (Wildman–Crippen LogP) is 13.4. The van der Waals surface area contributed by atoms with E-state index in [4.69, 9.17) is 39.1 Å². The van der Waals surface area contributed by atoms with Crippen molar-refractivity contribution < 1.29 is 52.4 Å². The van der Waals surface area contributed by atoms with Crippen molar-refractivity contribution >= 4 is 73.9 Å². The second kappa shape index (κ2) is 25.2. The van der Waals surface area contributed by atoms with E-state index in [1.807, 2.05) is 68.4 Å². The van der Waals surface area contributed by atoms with Crippen LogP contribution in [0.25, 0.3) is 55.4 Å². The molecule has 0 spiro atoms. The molecule has 0 bridgehead atoms. The van der Waals surface area contributed by atoms with Gasteiger partial charge in [-0.2, -0.15) is 0 Å². The van der Waals surface area contributed by atoms with Crippen LogP contribution in [-0.4, -0.2) is 96.0 Å². The first kappa shape index (κ1) is 61.5. The Bertz CT molecular complexity index is 4330. The molecule has 6 aromatic carbocycles. The number of methoxy groups -OCH3 is 4. The average molecular weight is 1230 g/mol. The molecule has 0 atom stereocenters. The molecule has 4 aliphatic rings. The number of rotatable bonds is 13. The molecule has 19 nitrogen and oxygen atoms in total. The molecule has 0 unspecified atom stereocenters. The smallest absolute Gasteiger partial charge is 0.337 e. The third-order valence-corrected chi connectivity index (χ3v) is 18.4. The molecule has 19 heteroatoms. The molecule has 3 aromatic heterocycles. The Labute approximate surface area is 528 Å². The number of carbonyl (C=O) groups excluding carboxylic acids is 5. The summed E-state index contributed by atoms with van der Waals surface area (Å²) in [6.45, 7) is 9.36. The Balaban J connectivity index is 0.000000176. The monoisotopic (exact) mass is 1230 g/mol. The Morgan fingerprint density at radius 2 is 1.05 bits per heavy atom. The quantitative estimate of drug-likeness (QED) is 0.0534. The SMILES string of the molecule is COC(=O)c1ccc(N)c(NC(=O)C(C)(C)NC(=O)c2ccc3c(C4CCCCC4)c4n(c3c2)CCOc2cc(OC)ccc2-4)c1.COC(=O)c1ccc2nc(C(C)(C)NC(=O)c3ccc4c(C5CCCCC5)c5n(c4c3)CCOc3cc(OC)ccc3-5)[nH]c2c1. The van der Waals surface area contributed by atoms with Crippen LogP contribution in [0, 0.1) is 0 Å². The number of hydrogen-bond donors (Lipinski definition) is 5. The highest BCUT2D eigenvalue weighted by Crippen LogP contribution is 2.50. The summed E-state index contributed by atoms with van der Waals surface area (Å²) in [7, 11) is 5.95. The zero-order valence-electron chi connectivity index (χ0n) is 52.9. The van der Waals surface area contributed by atoms with Crippen LogP contribution in [-0.2, 0) is 32.9 Å². The number of hydrogen-bond acceptors (Lipinski definition) is 13. The Hall–Kier alpha value is -9.78. The van der Waals surface area contributed by atoms with E-state index in [9.17, 15) is 24.0 Å². The van der Waals surface area contributed by atoms with E-state index in [1.54, 1.807) is 46.3 Å². The molecule has 0 radical (unpaired) electrons. The van der Waals surface area contributed by atoms with Gasteiger partial charge in [0, 0.05) is 56.2 Å². The first-order chi connectivity index (χ1) is 43.9. The molecule has 0 saturated heterocycles. The fourth-order valence-corrected chi connectivity index (χ4v) is 13.6. The number of anilines is 2. The fourth-order valence-electron chi connectivity index (χ4n) is 13.6. The maximum absolute atomic E-state index is 13.8. The molecule has 2 aliphatic carbocycles. The van der Waals surface area contributed by atoms with Gasteiger partial charge >= 0.3 is 11.9 Å². The molecule has 6 N–H and O–H groups in total. The lowest BCUT2D eigenvalue weighted by Gasteiger charge is -2.26. The molecule has 5 heterocycles. The summed E-state index contributed by atoms with van der Waals surface area (Å²) in [5.74, 6) is 2.56. The van der Waals surface area contributed by atoms with Crippen LogP contribution in [0.5, 0.6) is 23.0 Å². The van der Waals surface area contributed by atoms with E-state index in [1.165, 1.54) is 93.2 Å². The van der Waals surface area contributed by atoms with Crippen molar-refractivity contribution in [2.24, 2.45) is 0 Å². The van der Waals surface area contributed by atoms with Crippen molar-refractivity contribution in [3.63, 3.8) is 0 Å². The minimum Gasteiger partial charge on any atom is -0.497 e. The van der Waals surface area contributed by atoms with E-state index in [2.05, 4.69) is 48.3 Å². The number of ether oxygens (including phenoxy) is 6. The standard InChI is InChI=1S/C36H40N4O6.C36H38N4O5/c1-36(2,35(43)38-28-18-23(34(42)45-4)11-15-27(28)37)39-33(41)22-10-13-25-29(19-22)40-16-17-46-30-20-24(44-3)12-14-26(30)32(40)31(25)21-8-6-5-7-9-21;1-36(2,35-37-27-15-11-23(34(42)44-4)18-28(27)38-35)39-33(41)22-10-13-25-29(19-22)40-16-17-45-30-20-24(43-3)12-14-26(30)32(40)31(25)21-8-6-5-7-9-21/h10-15,18-21H,5-9,16-17,37H2,1-4H3,(H,38,43)(H,39,41);10-15,18-21H,5-9,16-17H2,1-4H3,(H,37,38)(H,39,41). The molecule has 91 heavy (non-hydrogen) atoms. The molecule has 2 fully saturated rings. The topological polar surface area (TPSA) is 241 Å². The van der Waals surface area contributed by atoms with E-state index in [0.29, 0.717) is 71.7 Å². The molecule has 472 valence electrons. The highest BCUT2D eigenvalue weighted by molar-refractivity contribution is 6.07. The number of imidazole rings is 1. The van der Waals surface area contributed by atoms with Crippen molar-refractivity contribution in [2.45, 2.75) is 128 Å². The summed E-state index contributed by atoms with van der Waals surface area (Å²) >= 11 is 0. The number of fused-ring (bicyclic) bond motifs is 11. The minimum atomic E-state index is -1.31. The van der Waals surface area contributed by atoms with Crippen molar-refractivity contribution in [1.82, 2.24) is 29.7 Å². The second-order valence-corrected chi connectivity index (χ2v) is 25.1. The van der Waals surface area contributed by atoms with Crippen LogP contribution >= 0.6 is 0 Å². The number of H-pyrrole nitrogens is 1. The van der Waals surface area contributed by atoms with Crippen LogP contribution in [0.1, 0.15) is 162 Å². The minimum absolute atomic E-state index is 0.192. The first-order valence-corrected chi connectivity index (χ1v) is 31.4. The molecule has 9 aromatic rings. The number of esters is 2. The fraction of sp³-hybridized carbons (Fsp3) is 0.361. The highest BCUT2D eigenvalue weighted by atomic mass is 16.5. The molecule has 2 saturated carbocycles. The number of nitrogens with zero attached hydrogens (tertiary/aromatic N) is 3. The first-order valence-electron chi connectivity index (χ1n) is 31.4. The molecular weight excluding hydrogens is 1150 g/mol. The maximum Gasteiger partial charge on any atom is 0.337 e. The van der Waals surface area contributed by atoms with Crippen LogP contribution in [0.3, 0.4) is 0 Å². The van der Waals surface area contributed by atoms with Crippen molar-refractivity contribution in [3.05, 3.63) is 148 Å². The van der Waals surface area contributed by atoms with Crippen molar-refractivity contribution in [2.75, 3.05) is 52.7 Å². The molecule has 3 amide bonds. The summed E-state index contributed by atoms with van der Waals surface area (Å²) < 4.78 is 37.7. The van der Waals surface area contributed by atoms with Crippen LogP contribution in [0.4, 0.5) is 11.4 Å². The zero-order valence-corrected chi connectivity index (χ0v) is 52.9. The van der Waals surface area contributed by atoms with E-state index in [0.717, 1.165) is 81.9 Å². The molecule has 2 aliphatic heterocycles. The van der Waals surface area contributed by atoms with Gasteiger partial charge in [-0.05, 0) is 161 Å². The summed E-state index contributed by atoms with van der Waals surface area (Å²) in [5.41, 5.74) is 16.7. The number of aromatic nitrogens is 4. The number of benzene rings is 6. The van der Waals surface area contributed by atoms with Crippen LogP contribution < -0.4 is 40.6 Å². The number of nitrogens with one attached hydrogen (secondary N) is 4. The van der Waals surface area contributed by atoms with Crippen molar-refractivity contribution in [3.8, 4) is 45.5 Å². The lowest BCUT2D eigenvalue weighted by Crippen LogP contribution is -2.52. The second-order valence-electron chi connectivity index (χ2n) is 25.1. The van der Waals surface area contributed by atoms with Gasteiger partial charge in [0.05, 0.1) is 92.0 Å². The van der Waals surface area contributed by atoms with Gasteiger partial charge < -0.3 is 64.2 Å². The van der Waals surface area contributed by atoms with Crippen molar-refractivity contribution in [1.29, 1.82) is 0 Å². The maximum atomic E-state index is 13.8. The van der Waals surface area contributed by atoms with Gasteiger partial charge in [0.15, 0.2) is 0 Å². The Kier molecular flexibility index (Phi) is 17.0. The summed E-state index contributed by atoms with van der Waals surface area (Å²) in [6.07, 6.45) is 11.9. The average Bonchev–Trinajstić information content (AvgIpc) is 1.60. The lowest BCUT2D eigenvalue weighted by atomic mass is 9.81. The number of carbonyl (C=O) groups is 5. The molecular formula is C72H78N8O11. The normalized spacial score (nSPS) is 15.0. The van der Waals surface area contributed by atoms with Crippen LogP contribution in [0.15, 0.2) is 109 Å². The zero-order chi connectivity index (χ0) is 63.9. The largest absolute Gasteiger partial charge is 0.497 e. The van der Waals surface area contributed by atoms with E-state index >= 15 is 0 Å². The van der Waals surface area contributed by atoms with Gasteiger partial charge in [-0.25, -0.2) is 14.6 Å². The van der Waals surface area contributed by atoms with E-state index < -0.39 is 28.9 Å². The number of nitrogens with two attached hydrogens (primary N) is 1. The Morgan fingerprint density at radius 1 is 0.571 bits per heavy atom. The summed E-state index contributed by atoms with van der Waals surface area (Å²) in [4.78, 5) is 72.9. The third kappa shape index (κ3) is 12.0.